The zero-order chi connectivity index (χ0) is 15.2. The molecule has 1 fully saturated rings. The summed E-state index contributed by atoms with van der Waals surface area (Å²) in [5.74, 6) is -0.451. The second-order valence-electron chi connectivity index (χ2n) is 4.92. The van der Waals surface area contributed by atoms with E-state index in [1.165, 1.54) is 6.07 Å². The predicted molar refractivity (Wildman–Crippen MR) is 75.8 cm³/mol. The number of nitrogens with two attached hydrogens (primary N) is 1. The van der Waals surface area contributed by atoms with Crippen LogP contribution >= 0.6 is 0 Å². The van der Waals surface area contributed by atoms with Crippen LogP contribution in [0.4, 0.5) is 11.5 Å². The Bertz CT molecular complexity index is 529. The summed E-state index contributed by atoms with van der Waals surface area (Å²) in [6.07, 6.45) is 5.03. The summed E-state index contributed by atoms with van der Waals surface area (Å²) in [4.78, 5) is 25.9. The van der Waals surface area contributed by atoms with Gasteiger partial charge in [0.05, 0.1) is 11.0 Å². The monoisotopic (exact) mass is 294 g/mol. The summed E-state index contributed by atoms with van der Waals surface area (Å²) in [5, 5.41) is 13.5. The van der Waals surface area contributed by atoms with Crippen molar-refractivity contribution in [2.24, 2.45) is 0 Å². The first-order valence-corrected chi connectivity index (χ1v) is 6.87. The molecule has 1 aromatic rings. The van der Waals surface area contributed by atoms with Gasteiger partial charge in [0.2, 0.25) is 0 Å². The van der Waals surface area contributed by atoms with E-state index in [0.717, 1.165) is 32.1 Å². The molecule has 1 saturated heterocycles. The van der Waals surface area contributed by atoms with Gasteiger partial charge in [-0.15, -0.1) is 0 Å². The number of amides is 1. The highest BCUT2D eigenvalue weighted by Gasteiger charge is 2.21. The minimum Gasteiger partial charge on any atom is -0.384 e. The third-order valence-corrected chi connectivity index (χ3v) is 3.37. The number of hydrogen-bond donors (Lipinski definition) is 2. The number of nitrogens with one attached hydrogen (secondary N) is 1. The van der Waals surface area contributed by atoms with Gasteiger partial charge in [-0.1, -0.05) is 0 Å². The fourth-order valence-electron chi connectivity index (χ4n) is 2.27. The SMILES string of the molecule is Nc1cc(C(=O)NCCC2CCCCO2)c([N+](=O)[O-])cn1. The molecule has 21 heavy (non-hydrogen) atoms. The lowest BCUT2D eigenvalue weighted by molar-refractivity contribution is -0.385. The van der Waals surface area contributed by atoms with Gasteiger partial charge >= 0.3 is 0 Å². The lowest BCUT2D eigenvalue weighted by Crippen LogP contribution is -2.30. The minimum absolute atomic E-state index is 0.0707. The van der Waals surface area contributed by atoms with Gasteiger partial charge in [-0.3, -0.25) is 14.9 Å². The molecule has 8 heteroatoms. The number of hydrogen-bond acceptors (Lipinski definition) is 6. The van der Waals surface area contributed by atoms with Crippen LogP contribution in [0.5, 0.6) is 0 Å². The maximum atomic E-state index is 12.0. The van der Waals surface area contributed by atoms with Crippen LogP contribution in [0, 0.1) is 10.1 Å². The highest BCUT2D eigenvalue weighted by Crippen LogP contribution is 2.19. The standard InChI is InChI=1S/C13H18N4O4/c14-12-7-10(11(8-16-12)17(19)20)13(18)15-5-4-9-3-1-2-6-21-9/h7-9H,1-6H2,(H2,14,16)(H,15,18). The molecular weight excluding hydrogens is 276 g/mol. The van der Waals surface area contributed by atoms with Crippen LogP contribution in [0.2, 0.25) is 0 Å². The highest BCUT2D eigenvalue weighted by atomic mass is 16.6. The molecule has 0 bridgehead atoms. The normalized spacial score (nSPS) is 18.2. The third kappa shape index (κ3) is 4.12. The molecule has 0 aromatic carbocycles. The summed E-state index contributed by atoms with van der Waals surface area (Å²) >= 11 is 0. The van der Waals surface area contributed by atoms with Crippen molar-refractivity contribution in [2.75, 3.05) is 18.9 Å². The van der Waals surface area contributed by atoms with E-state index in [9.17, 15) is 14.9 Å². The van der Waals surface area contributed by atoms with Gasteiger partial charge in [0.1, 0.15) is 17.6 Å². The Balaban J connectivity index is 1.93. The molecule has 0 aliphatic carbocycles. The highest BCUT2D eigenvalue weighted by molar-refractivity contribution is 5.98. The van der Waals surface area contributed by atoms with Crippen molar-refractivity contribution >= 4 is 17.4 Å². The van der Waals surface area contributed by atoms with Crippen LogP contribution in [0.3, 0.4) is 0 Å². The molecule has 1 aromatic heterocycles. The van der Waals surface area contributed by atoms with Crippen LogP contribution < -0.4 is 11.1 Å². The van der Waals surface area contributed by atoms with E-state index in [4.69, 9.17) is 10.5 Å². The minimum atomic E-state index is -0.647. The summed E-state index contributed by atoms with van der Waals surface area (Å²) in [5.41, 5.74) is 5.05. The number of nitrogens with zero attached hydrogens (tertiary/aromatic N) is 2. The van der Waals surface area contributed by atoms with E-state index >= 15 is 0 Å². The second kappa shape index (κ2) is 6.98. The van der Waals surface area contributed by atoms with Crippen molar-refractivity contribution in [1.29, 1.82) is 0 Å². The van der Waals surface area contributed by atoms with E-state index < -0.39 is 10.8 Å². The quantitative estimate of drug-likeness (QED) is 0.623. The first kappa shape index (κ1) is 15.2. The van der Waals surface area contributed by atoms with E-state index in [1.807, 2.05) is 0 Å². The Morgan fingerprint density at radius 3 is 3.05 bits per heavy atom. The molecule has 3 N–H and O–H groups in total. The topological polar surface area (TPSA) is 120 Å². The number of anilines is 1. The van der Waals surface area contributed by atoms with Gasteiger partial charge in [0.25, 0.3) is 11.6 Å². The van der Waals surface area contributed by atoms with Crippen molar-refractivity contribution in [3.8, 4) is 0 Å². The number of nitro groups is 1. The third-order valence-electron chi connectivity index (χ3n) is 3.37. The molecule has 1 amide bonds. The molecule has 1 aliphatic heterocycles. The van der Waals surface area contributed by atoms with Crippen LogP contribution in [-0.2, 0) is 4.74 Å². The number of ether oxygens (including phenoxy) is 1. The van der Waals surface area contributed by atoms with Crippen molar-refractivity contribution in [3.05, 3.63) is 27.9 Å². The van der Waals surface area contributed by atoms with Crippen LogP contribution in [0.25, 0.3) is 0 Å². The Labute approximate surface area is 121 Å². The molecule has 0 saturated carbocycles. The van der Waals surface area contributed by atoms with Gasteiger partial charge < -0.3 is 15.8 Å². The number of carbonyl (C=O) groups excluding carboxylic acids is 1. The average Bonchev–Trinajstić information content (AvgIpc) is 2.47. The van der Waals surface area contributed by atoms with Crippen molar-refractivity contribution in [3.63, 3.8) is 0 Å². The van der Waals surface area contributed by atoms with Crippen LogP contribution in [-0.4, -0.2) is 35.1 Å². The molecule has 2 rings (SSSR count). The first-order chi connectivity index (χ1) is 10.1. The van der Waals surface area contributed by atoms with E-state index in [-0.39, 0.29) is 23.2 Å². The second-order valence-corrected chi connectivity index (χ2v) is 4.92. The zero-order valence-corrected chi connectivity index (χ0v) is 11.6. The lowest BCUT2D eigenvalue weighted by atomic mass is 10.1. The molecule has 0 spiro atoms. The summed E-state index contributed by atoms with van der Waals surface area (Å²) < 4.78 is 5.56. The number of pyridine rings is 1. The Hall–Kier alpha value is -2.22. The summed E-state index contributed by atoms with van der Waals surface area (Å²) in [6, 6.07) is 1.21. The van der Waals surface area contributed by atoms with Gasteiger partial charge in [-0.25, -0.2) is 4.98 Å². The van der Waals surface area contributed by atoms with Crippen molar-refractivity contribution in [1.82, 2.24) is 10.3 Å². The number of carbonyl (C=O) groups is 1. The molecule has 0 radical (unpaired) electrons. The van der Waals surface area contributed by atoms with E-state index in [1.54, 1.807) is 0 Å². The molecule has 1 atom stereocenters. The maximum Gasteiger partial charge on any atom is 0.300 e. The van der Waals surface area contributed by atoms with Gasteiger partial charge in [-0.05, 0) is 31.7 Å². The average molecular weight is 294 g/mol. The van der Waals surface area contributed by atoms with E-state index in [2.05, 4.69) is 10.3 Å². The summed E-state index contributed by atoms with van der Waals surface area (Å²) in [7, 11) is 0. The lowest BCUT2D eigenvalue weighted by Gasteiger charge is -2.22. The molecule has 8 nitrogen and oxygen atoms in total. The van der Waals surface area contributed by atoms with Crippen molar-refractivity contribution in [2.45, 2.75) is 31.8 Å². The van der Waals surface area contributed by atoms with Crippen molar-refractivity contribution < 1.29 is 14.5 Å². The zero-order valence-electron chi connectivity index (χ0n) is 11.6. The molecular formula is C13H18N4O4. The Kier molecular flexibility index (Phi) is 5.04. The molecule has 1 unspecified atom stereocenters. The maximum absolute atomic E-state index is 12.0. The van der Waals surface area contributed by atoms with Gasteiger partial charge in [-0.2, -0.15) is 0 Å². The largest absolute Gasteiger partial charge is 0.384 e. The van der Waals surface area contributed by atoms with Crippen LogP contribution in [0.1, 0.15) is 36.0 Å². The Morgan fingerprint density at radius 2 is 2.38 bits per heavy atom. The smallest absolute Gasteiger partial charge is 0.300 e. The van der Waals surface area contributed by atoms with Gasteiger partial charge in [0, 0.05) is 13.2 Å². The molecule has 114 valence electrons. The first-order valence-electron chi connectivity index (χ1n) is 6.87. The molecule has 2 heterocycles. The summed E-state index contributed by atoms with van der Waals surface area (Å²) in [6.45, 7) is 1.16. The number of rotatable bonds is 5. The van der Waals surface area contributed by atoms with E-state index in [0.29, 0.717) is 13.0 Å². The fourth-order valence-corrected chi connectivity index (χ4v) is 2.27. The van der Waals surface area contributed by atoms with Crippen LogP contribution in [0.15, 0.2) is 12.3 Å². The number of aromatic nitrogens is 1. The van der Waals surface area contributed by atoms with Gasteiger partial charge in [0.15, 0.2) is 0 Å². The fraction of sp³-hybridized carbons (Fsp3) is 0.538. The Morgan fingerprint density at radius 1 is 1.57 bits per heavy atom. The number of nitrogen functional groups attached to an aromatic ring is 1. The predicted octanol–water partition coefficient (Wildman–Crippen LogP) is 1.26. The molecule has 1 aliphatic rings.